The summed E-state index contributed by atoms with van der Waals surface area (Å²) in [4.78, 5) is 25.1. The van der Waals surface area contributed by atoms with Gasteiger partial charge in [-0.05, 0) is 42.6 Å². The van der Waals surface area contributed by atoms with E-state index in [1.165, 1.54) is 6.92 Å². The molecule has 0 amide bonds. The van der Waals surface area contributed by atoms with E-state index in [-0.39, 0.29) is 43.3 Å². The minimum Gasteiger partial charge on any atom is -0.465 e. The number of carbonyl (C=O) groups is 2. The molecule has 0 aromatic carbocycles. The van der Waals surface area contributed by atoms with Gasteiger partial charge in [0.15, 0.2) is 5.78 Å². The highest BCUT2D eigenvalue weighted by Gasteiger charge is 2.77. The van der Waals surface area contributed by atoms with Crippen molar-refractivity contribution in [1.29, 1.82) is 0 Å². The summed E-state index contributed by atoms with van der Waals surface area (Å²) >= 11 is 0. The van der Waals surface area contributed by atoms with E-state index in [0.717, 1.165) is 12.8 Å². The number of fused-ring (bicyclic) bond motifs is 3. The largest absolute Gasteiger partial charge is 0.465 e. The number of Topliss-reactive ketones (excluding diaryl/α,β-unsaturated/α-hetero) is 1. The summed E-state index contributed by atoms with van der Waals surface area (Å²) in [6, 6.07) is 0. The third-order valence-corrected chi connectivity index (χ3v) is 8.86. The molecular weight excluding hydrogens is 376 g/mol. The van der Waals surface area contributed by atoms with Gasteiger partial charge in [-0.3, -0.25) is 9.59 Å². The first-order valence-corrected chi connectivity index (χ1v) is 10.6. The monoisotopic (exact) mass is 408 g/mol. The Bertz CT molecular complexity index is 749. The SMILES string of the molecule is C=C1C(=O)C23C(O)CC4C(C)(CO)CCCC4(COC(C)=O)C2C(O)CC1C3O. The van der Waals surface area contributed by atoms with Crippen molar-refractivity contribution in [2.75, 3.05) is 13.2 Å². The van der Waals surface area contributed by atoms with E-state index < -0.39 is 52.4 Å². The standard InChI is InChI=1S/C22H32O7/c1-11-13-7-14(25)17-21(10-29-12(2)24)6-4-5-20(3,9-23)15(21)8-16(26)22(17,18(11)27)19(13)28/h13-17,19,23,25-26,28H,1,4-10H2,2-3H3. The molecule has 9 unspecified atom stereocenters. The molecule has 29 heavy (non-hydrogen) atoms. The van der Waals surface area contributed by atoms with Gasteiger partial charge in [0, 0.05) is 30.8 Å². The maximum Gasteiger partial charge on any atom is 0.302 e. The summed E-state index contributed by atoms with van der Waals surface area (Å²) in [5.74, 6) is -2.44. The van der Waals surface area contributed by atoms with E-state index in [0.29, 0.717) is 6.42 Å². The van der Waals surface area contributed by atoms with Gasteiger partial charge in [0.05, 0.1) is 30.3 Å². The summed E-state index contributed by atoms with van der Waals surface area (Å²) in [5, 5.41) is 43.9. The third-order valence-electron chi connectivity index (χ3n) is 8.86. The number of ether oxygens (including phenoxy) is 1. The summed E-state index contributed by atoms with van der Waals surface area (Å²) in [6.07, 6.45) is -0.772. The first kappa shape index (κ1) is 21.0. The van der Waals surface area contributed by atoms with Crippen molar-refractivity contribution in [3.63, 3.8) is 0 Å². The van der Waals surface area contributed by atoms with Crippen LogP contribution in [0.15, 0.2) is 12.2 Å². The van der Waals surface area contributed by atoms with Crippen LogP contribution in [0.1, 0.15) is 46.0 Å². The molecule has 4 rings (SSSR count). The molecule has 1 spiro atoms. The van der Waals surface area contributed by atoms with E-state index in [1.54, 1.807) is 0 Å². The number of hydrogen-bond acceptors (Lipinski definition) is 7. The lowest BCUT2D eigenvalue weighted by molar-refractivity contribution is -0.269. The second-order valence-corrected chi connectivity index (χ2v) is 10.1. The minimum atomic E-state index is -1.54. The fraction of sp³-hybridized carbons (Fsp3) is 0.818. The van der Waals surface area contributed by atoms with Crippen LogP contribution in [0, 0.1) is 34.0 Å². The fourth-order valence-corrected chi connectivity index (χ4v) is 7.69. The van der Waals surface area contributed by atoms with Gasteiger partial charge in [0.25, 0.3) is 0 Å². The molecule has 4 N–H and O–H groups in total. The lowest BCUT2D eigenvalue weighted by Gasteiger charge is -2.66. The van der Waals surface area contributed by atoms with Gasteiger partial charge in [-0.25, -0.2) is 0 Å². The molecule has 0 aromatic heterocycles. The number of esters is 1. The third kappa shape index (κ3) is 2.44. The van der Waals surface area contributed by atoms with Crippen LogP contribution in [0.4, 0.5) is 0 Å². The minimum absolute atomic E-state index is 0.00404. The van der Waals surface area contributed by atoms with Gasteiger partial charge in [-0.1, -0.05) is 19.9 Å². The first-order valence-electron chi connectivity index (χ1n) is 10.6. The van der Waals surface area contributed by atoms with Crippen molar-refractivity contribution in [3.8, 4) is 0 Å². The molecule has 162 valence electrons. The molecule has 0 aromatic rings. The molecule has 4 saturated carbocycles. The summed E-state index contributed by atoms with van der Waals surface area (Å²) in [5.41, 5.74) is -2.63. The number of aliphatic hydroxyl groups excluding tert-OH is 4. The average Bonchev–Trinajstić information content (AvgIpc) is 2.79. The van der Waals surface area contributed by atoms with Crippen LogP contribution in [0.3, 0.4) is 0 Å². The highest BCUT2D eigenvalue weighted by Crippen LogP contribution is 2.71. The van der Waals surface area contributed by atoms with Crippen LogP contribution in [-0.4, -0.2) is 63.7 Å². The number of hydrogen-bond donors (Lipinski definition) is 4. The molecule has 7 heteroatoms. The van der Waals surface area contributed by atoms with E-state index >= 15 is 0 Å². The Morgan fingerprint density at radius 1 is 1.24 bits per heavy atom. The molecule has 0 saturated heterocycles. The quantitative estimate of drug-likeness (QED) is 0.398. The Morgan fingerprint density at radius 2 is 1.93 bits per heavy atom. The summed E-state index contributed by atoms with van der Waals surface area (Å²) in [7, 11) is 0. The van der Waals surface area contributed by atoms with Crippen molar-refractivity contribution < 1.29 is 34.8 Å². The number of rotatable bonds is 3. The van der Waals surface area contributed by atoms with Crippen molar-refractivity contribution in [1.82, 2.24) is 0 Å². The maximum atomic E-state index is 13.4. The second kappa shape index (κ2) is 6.61. The molecule has 0 aliphatic heterocycles. The van der Waals surface area contributed by atoms with Gasteiger partial charge in [-0.15, -0.1) is 0 Å². The molecule has 2 bridgehead atoms. The summed E-state index contributed by atoms with van der Waals surface area (Å²) < 4.78 is 5.48. The van der Waals surface area contributed by atoms with E-state index in [4.69, 9.17) is 4.74 Å². The molecule has 0 radical (unpaired) electrons. The van der Waals surface area contributed by atoms with Crippen LogP contribution in [-0.2, 0) is 14.3 Å². The normalized spacial score (nSPS) is 51.4. The number of aliphatic hydroxyl groups is 4. The Balaban J connectivity index is 1.92. The molecule has 4 fully saturated rings. The van der Waals surface area contributed by atoms with E-state index in [1.807, 2.05) is 6.92 Å². The smallest absolute Gasteiger partial charge is 0.302 e. The Kier molecular flexibility index (Phi) is 4.78. The lowest BCUT2D eigenvalue weighted by atomic mass is 9.38. The van der Waals surface area contributed by atoms with Crippen LogP contribution in [0.2, 0.25) is 0 Å². The topological polar surface area (TPSA) is 124 Å². The van der Waals surface area contributed by atoms with Crippen molar-refractivity contribution in [2.24, 2.45) is 34.0 Å². The van der Waals surface area contributed by atoms with Crippen molar-refractivity contribution >= 4 is 11.8 Å². The van der Waals surface area contributed by atoms with Crippen LogP contribution in [0.5, 0.6) is 0 Å². The van der Waals surface area contributed by atoms with E-state index in [2.05, 4.69) is 6.58 Å². The molecule has 4 aliphatic carbocycles. The van der Waals surface area contributed by atoms with Gasteiger partial charge in [-0.2, -0.15) is 0 Å². The zero-order valence-corrected chi connectivity index (χ0v) is 17.1. The van der Waals surface area contributed by atoms with Crippen LogP contribution < -0.4 is 0 Å². The number of carbonyl (C=O) groups excluding carboxylic acids is 2. The van der Waals surface area contributed by atoms with Crippen molar-refractivity contribution in [2.45, 2.75) is 64.3 Å². The Hall–Kier alpha value is -1.28. The Morgan fingerprint density at radius 3 is 2.55 bits per heavy atom. The predicted octanol–water partition coefficient (Wildman–Crippen LogP) is 0.582. The molecule has 7 nitrogen and oxygen atoms in total. The van der Waals surface area contributed by atoms with Gasteiger partial charge in [0.1, 0.15) is 0 Å². The van der Waals surface area contributed by atoms with Crippen LogP contribution >= 0.6 is 0 Å². The Labute approximate surface area is 170 Å². The fourth-order valence-electron chi connectivity index (χ4n) is 7.69. The maximum absolute atomic E-state index is 13.4. The zero-order valence-electron chi connectivity index (χ0n) is 17.1. The van der Waals surface area contributed by atoms with Gasteiger partial charge in [0.2, 0.25) is 0 Å². The highest BCUT2D eigenvalue weighted by atomic mass is 16.5. The molecule has 4 aliphatic rings. The van der Waals surface area contributed by atoms with Crippen molar-refractivity contribution in [3.05, 3.63) is 12.2 Å². The second-order valence-electron chi connectivity index (χ2n) is 10.1. The van der Waals surface area contributed by atoms with Gasteiger partial charge >= 0.3 is 5.97 Å². The summed E-state index contributed by atoms with van der Waals surface area (Å²) in [6.45, 7) is 7.03. The zero-order chi connectivity index (χ0) is 21.4. The van der Waals surface area contributed by atoms with Crippen LogP contribution in [0.25, 0.3) is 0 Å². The first-order chi connectivity index (χ1) is 13.6. The average molecular weight is 408 g/mol. The number of ketones is 1. The molecule has 9 atom stereocenters. The van der Waals surface area contributed by atoms with E-state index in [9.17, 15) is 30.0 Å². The molecular formula is C22H32O7. The highest BCUT2D eigenvalue weighted by molar-refractivity contribution is 6.04. The molecule has 0 heterocycles. The lowest BCUT2D eigenvalue weighted by Crippen LogP contribution is -2.72. The predicted molar refractivity (Wildman–Crippen MR) is 102 cm³/mol. The van der Waals surface area contributed by atoms with Gasteiger partial charge < -0.3 is 25.2 Å².